The van der Waals surface area contributed by atoms with E-state index in [0.717, 1.165) is 36.9 Å². The highest BCUT2D eigenvalue weighted by Gasteiger charge is 2.32. The van der Waals surface area contributed by atoms with E-state index in [1.165, 1.54) is 12.5 Å². The van der Waals surface area contributed by atoms with Crippen LogP contribution in [0.4, 0.5) is 0 Å². The molecule has 0 radical (unpaired) electrons. The summed E-state index contributed by atoms with van der Waals surface area (Å²) in [5.41, 5.74) is 1.04. The van der Waals surface area contributed by atoms with Gasteiger partial charge in [-0.15, -0.1) is 0 Å². The van der Waals surface area contributed by atoms with Crippen molar-refractivity contribution in [2.45, 2.75) is 38.8 Å². The molecule has 0 spiro atoms. The van der Waals surface area contributed by atoms with Crippen LogP contribution in [-0.2, 0) is 16.1 Å². The Labute approximate surface area is 123 Å². The maximum atomic E-state index is 11.1. The normalized spacial score (nSPS) is 19.1. The van der Waals surface area contributed by atoms with Crippen LogP contribution < -0.4 is 0 Å². The second-order valence-electron chi connectivity index (χ2n) is 5.45. The second-order valence-corrected chi connectivity index (χ2v) is 6.36. The number of benzene rings is 1. The van der Waals surface area contributed by atoms with Crippen molar-refractivity contribution in [3.05, 3.63) is 34.3 Å². The molecule has 1 saturated heterocycles. The highest BCUT2D eigenvalue weighted by Crippen LogP contribution is 2.27. The Balaban J connectivity index is 1.86. The minimum atomic E-state index is -0.276. The first-order chi connectivity index (χ1) is 8.97. The predicted molar refractivity (Wildman–Crippen MR) is 78.8 cm³/mol. The number of carbonyl (C=O) groups excluding carboxylic acids is 1. The summed E-state index contributed by atoms with van der Waals surface area (Å²) >= 11 is 3.45. The molecular formula is C15H20BrNO2. The molecule has 1 aliphatic heterocycles. The number of carbonyl (C=O) groups is 1. The Morgan fingerprint density at radius 2 is 1.89 bits per heavy atom. The first kappa shape index (κ1) is 14.5. The summed E-state index contributed by atoms with van der Waals surface area (Å²) in [4.78, 5) is 13.5. The second kappa shape index (κ2) is 6.06. The molecule has 1 fully saturated rings. The van der Waals surface area contributed by atoms with Crippen LogP contribution in [0.3, 0.4) is 0 Å². The van der Waals surface area contributed by atoms with Gasteiger partial charge in [0.1, 0.15) is 5.60 Å². The molecule has 104 valence electrons. The van der Waals surface area contributed by atoms with E-state index in [1.807, 2.05) is 6.92 Å². The third-order valence-electron chi connectivity index (χ3n) is 3.62. The van der Waals surface area contributed by atoms with Crippen molar-refractivity contribution in [1.82, 2.24) is 4.90 Å². The number of halogens is 1. The Bertz CT molecular complexity index is 436. The number of rotatable bonds is 3. The fourth-order valence-corrected chi connectivity index (χ4v) is 2.75. The predicted octanol–water partition coefficient (Wildman–Crippen LogP) is 3.37. The van der Waals surface area contributed by atoms with Crippen LogP contribution in [0.15, 0.2) is 28.7 Å². The number of esters is 1. The lowest BCUT2D eigenvalue weighted by Gasteiger charge is -2.38. The summed E-state index contributed by atoms with van der Waals surface area (Å²) in [7, 11) is 0. The first-order valence-electron chi connectivity index (χ1n) is 6.63. The van der Waals surface area contributed by atoms with Gasteiger partial charge in [0.2, 0.25) is 0 Å². The molecule has 0 aromatic heterocycles. The molecule has 4 heteroatoms. The molecule has 0 amide bonds. The van der Waals surface area contributed by atoms with E-state index in [2.05, 4.69) is 45.1 Å². The van der Waals surface area contributed by atoms with Crippen LogP contribution in [0, 0.1) is 0 Å². The maximum Gasteiger partial charge on any atom is 0.303 e. The van der Waals surface area contributed by atoms with Crippen LogP contribution in [0.1, 0.15) is 32.3 Å². The standard InChI is InChI=1S/C15H20BrNO2/c1-12(18)19-15(2)7-9-17(10-8-15)11-13-3-5-14(16)6-4-13/h3-6H,7-11H2,1-2H3. The lowest BCUT2D eigenvalue weighted by molar-refractivity contribution is -0.159. The number of hydrogen-bond donors (Lipinski definition) is 0. The molecule has 2 rings (SSSR count). The van der Waals surface area contributed by atoms with Crippen LogP contribution in [-0.4, -0.2) is 29.6 Å². The summed E-state index contributed by atoms with van der Waals surface area (Å²) < 4.78 is 6.53. The van der Waals surface area contributed by atoms with Gasteiger partial charge in [-0.2, -0.15) is 0 Å². The van der Waals surface area contributed by atoms with Gasteiger partial charge in [-0.3, -0.25) is 9.69 Å². The minimum absolute atomic E-state index is 0.177. The van der Waals surface area contributed by atoms with E-state index >= 15 is 0 Å². The van der Waals surface area contributed by atoms with Gasteiger partial charge in [0.15, 0.2) is 0 Å². The van der Waals surface area contributed by atoms with E-state index < -0.39 is 0 Å². The van der Waals surface area contributed by atoms with Gasteiger partial charge in [0.05, 0.1) is 0 Å². The third-order valence-corrected chi connectivity index (χ3v) is 4.15. The molecule has 1 aliphatic rings. The molecule has 0 bridgehead atoms. The van der Waals surface area contributed by atoms with Gasteiger partial charge in [-0.1, -0.05) is 28.1 Å². The van der Waals surface area contributed by atoms with E-state index in [-0.39, 0.29) is 11.6 Å². The quantitative estimate of drug-likeness (QED) is 0.798. The number of ether oxygens (including phenoxy) is 1. The van der Waals surface area contributed by atoms with Gasteiger partial charge in [-0.25, -0.2) is 0 Å². The average molecular weight is 326 g/mol. The van der Waals surface area contributed by atoms with Gasteiger partial charge in [0.25, 0.3) is 0 Å². The summed E-state index contributed by atoms with van der Waals surface area (Å²) in [5.74, 6) is -0.177. The molecule has 1 aromatic rings. The van der Waals surface area contributed by atoms with Crippen LogP contribution in [0.5, 0.6) is 0 Å². The zero-order valence-electron chi connectivity index (χ0n) is 11.5. The van der Waals surface area contributed by atoms with Gasteiger partial charge in [0, 0.05) is 31.0 Å². The molecule has 0 aliphatic carbocycles. The molecule has 1 aromatic carbocycles. The van der Waals surface area contributed by atoms with Crippen molar-refractivity contribution in [3.8, 4) is 0 Å². The number of hydrogen-bond acceptors (Lipinski definition) is 3. The molecule has 19 heavy (non-hydrogen) atoms. The Morgan fingerprint density at radius 3 is 2.42 bits per heavy atom. The summed E-state index contributed by atoms with van der Waals surface area (Å²) in [5, 5.41) is 0. The maximum absolute atomic E-state index is 11.1. The monoisotopic (exact) mass is 325 g/mol. The fourth-order valence-electron chi connectivity index (χ4n) is 2.48. The van der Waals surface area contributed by atoms with Crippen molar-refractivity contribution < 1.29 is 9.53 Å². The molecule has 0 saturated carbocycles. The fraction of sp³-hybridized carbons (Fsp3) is 0.533. The van der Waals surface area contributed by atoms with Gasteiger partial charge < -0.3 is 4.74 Å². The lowest BCUT2D eigenvalue weighted by atomic mass is 9.93. The van der Waals surface area contributed by atoms with Crippen LogP contribution in [0.25, 0.3) is 0 Å². The van der Waals surface area contributed by atoms with Crippen molar-refractivity contribution in [2.24, 2.45) is 0 Å². The number of nitrogens with zero attached hydrogens (tertiary/aromatic N) is 1. The van der Waals surface area contributed by atoms with Crippen molar-refractivity contribution in [1.29, 1.82) is 0 Å². The third kappa shape index (κ3) is 4.32. The summed E-state index contributed by atoms with van der Waals surface area (Å²) in [6.07, 6.45) is 1.81. The highest BCUT2D eigenvalue weighted by atomic mass is 79.9. The lowest BCUT2D eigenvalue weighted by Crippen LogP contribution is -2.44. The number of piperidine rings is 1. The highest BCUT2D eigenvalue weighted by molar-refractivity contribution is 9.10. The minimum Gasteiger partial charge on any atom is -0.459 e. The Morgan fingerprint density at radius 1 is 1.32 bits per heavy atom. The van der Waals surface area contributed by atoms with Crippen molar-refractivity contribution in [3.63, 3.8) is 0 Å². The smallest absolute Gasteiger partial charge is 0.303 e. The van der Waals surface area contributed by atoms with E-state index in [1.54, 1.807) is 0 Å². The molecule has 0 atom stereocenters. The van der Waals surface area contributed by atoms with Gasteiger partial charge >= 0.3 is 5.97 Å². The zero-order valence-corrected chi connectivity index (χ0v) is 13.1. The largest absolute Gasteiger partial charge is 0.459 e. The van der Waals surface area contributed by atoms with E-state index in [9.17, 15) is 4.79 Å². The molecule has 0 N–H and O–H groups in total. The van der Waals surface area contributed by atoms with E-state index in [0.29, 0.717) is 0 Å². The Kier molecular flexibility index (Phi) is 4.63. The summed E-state index contributed by atoms with van der Waals surface area (Å²) in [6, 6.07) is 8.43. The number of likely N-dealkylation sites (tertiary alicyclic amines) is 1. The molecule has 1 heterocycles. The first-order valence-corrected chi connectivity index (χ1v) is 7.43. The van der Waals surface area contributed by atoms with Crippen LogP contribution in [0.2, 0.25) is 0 Å². The van der Waals surface area contributed by atoms with Crippen LogP contribution >= 0.6 is 15.9 Å². The topological polar surface area (TPSA) is 29.5 Å². The zero-order chi connectivity index (χ0) is 13.9. The Hall–Kier alpha value is -0.870. The van der Waals surface area contributed by atoms with Gasteiger partial charge in [-0.05, 0) is 37.5 Å². The molecule has 0 unspecified atom stereocenters. The molecule has 3 nitrogen and oxygen atoms in total. The van der Waals surface area contributed by atoms with Crippen molar-refractivity contribution in [2.75, 3.05) is 13.1 Å². The summed E-state index contributed by atoms with van der Waals surface area (Å²) in [6.45, 7) is 6.42. The average Bonchev–Trinajstić information content (AvgIpc) is 2.34. The van der Waals surface area contributed by atoms with Crippen molar-refractivity contribution >= 4 is 21.9 Å². The van der Waals surface area contributed by atoms with E-state index in [4.69, 9.17) is 4.74 Å². The molecular weight excluding hydrogens is 306 g/mol. The SMILES string of the molecule is CC(=O)OC1(C)CCN(Cc2ccc(Br)cc2)CC1.